The highest BCUT2D eigenvalue weighted by molar-refractivity contribution is 5.85. The Labute approximate surface area is 129 Å². The summed E-state index contributed by atoms with van der Waals surface area (Å²) in [5.74, 6) is 1.01. The maximum Gasteiger partial charge on any atom is 0.222 e. The van der Waals surface area contributed by atoms with Gasteiger partial charge in [0, 0.05) is 19.5 Å². The molecule has 116 valence electrons. The van der Waals surface area contributed by atoms with Crippen molar-refractivity contribution in [3.8, 4) is 0 Å². The Morgan fingerprint density at radius 2 is 1.80 bits per heavy atom. The van der Waals surface area contributed by atoms with Crippen molar-refractivity contribution in [1.82, 2.24) is 10.2 Å². The lowest BCUT2D eigenvalue weighted by Gasteiger charge is -2.44. The van der Waals surface area contributed by atoms with Crippen molar-refractivity contribution in [1.29, 1.82) is 0 Å². The van der Waals surface area contributed by atoms with E-state index < -0.39 is 0 Å². The van der Waals surface area contributed by atoms with Crippen LogP contribution in [0.15, 0.2) is 0 Å². The van der Waals surface area contributed by atoms with Crippen LogP contribution < -0.4 is 5.32 Å². The van der Waals surface area contributed by atoms with Gasteiger partial charge in [-0.3, -0.25) is 4.79 Å². The normalized spacial score (nSPS) is 29.2. The van der Waals surface area contributed by atoms with E-state index in [4.69, 9.17) is 0 Å². The fourth-order valence-electron chi connectivity index (χ4n) is 4.30. The lowest BCUT2D eigenvalue weighted by Crippen LogP contribution is -2.44. The monoisotopic (exact) mass is 300 g/mol. The van der Waals surface area contributed by atoms with Crippen molar-refractivity contribution in [2.75, 3.05) is 26.2 Å². The summed E-state index contributed by atoms with van der Waals surface area (Å²) in [4.78, 5) is 14.5. The standard InChI is InChI=1S/C16H28N2O.ClH/c19-15(12-14-4-9-17-13-14)18-10-7-16(8-11-18)5-2-1-3-6-16;/h14,17H,1-13H2;1H. The van der Waals surface area contributed by atoms with E-state index in [0.29, 0.717) is 17.2 Å². The van der Waals surface area contributed by atoms with Crippen molar-refractivity contribution in [3.63, 3.8) is 0 Å². The second-order valence-electron chi connectivity index (χ2n) is 7.00. The van der Waals surface area contributed by atoms with Gasteiger partial charge in [0.1, 0.15) is 0 Å². The van der Waals surface area contributed by atoms with Gasteiger partial charge in [-0.1, -0.05) is 19.3 Å². The van der Waals surface area contributed by atoms with Crippen LogP contribution in [0.4, 0.5) is 0 Å². The average Bonchev–Trinajstić information content (AvgIpc) is 2.93. The van der Waals surface area contributed by atoms with Crippen molar-refractivity contribution in [2.24, 2.45) is 11.3 Å². The van der Waals surface area contributed by atoms with E-state index in [2.05, 4.69) is 10.2 Å². The molecule has 0 aromatic heterocycles. The van der Waals surface area contributed by atoms with Crippen LogP contribution in [0.1, 0.15) is 57.8 Å². The van der Waals surface area contributed by atoms with Crippen LogP contribution in [0.25, 0.3) is 0 Å². The van der Waals surface area contributed by atoms with Gasteiger partial charge in [0.2, 0.25) is 5.91 Å². The van der Waals surface area contributed by atoms with Gasteiger partial charge in [-0.05, 0) is 56.5 Å². The highest BCUT2D eigenvalue weighted by atomic mass is 35.5. The molecule has 1 aliphatic carbocycles. The van der Waals surface area contributed by atoms with Crippen molar-refractivity contribution in [2.45, 2.75) is 57.8 Å². The zero-order valence-corrected chi connectivity index (χ0v) is 13.3. The summed E-state index contributed by atoms with van der Waals surface area (Å²) in [6.07, 6.45) is 11.6. The fourth-order valence-corrected chi connectivity index (χ4v) is 4.30. The van der Waals surface area contributed by atoms with Gasteiger partial charge < -0.3 is 10.2 Å². The number of likely N-dealkylation sites (tertiary alicyclic amines) is 1. The minimum absolute atomic E-state index is 0. The van der Waals surface area contributed by atoms with Gasteiger partial charge >= 0.3 is 0 Å². The van der Waals surface area contributed by atoms with Gasteiger partial charge in [0.15, 0.2) is 0 Å². The molecule has 1 atom stereocenters. The quantitative estimate of drug-likeness (QED) is 0.850. The molecule has 2 heterocycles. The molecule has 0 bridgehead atoms. The number of nitrogens with zero attached hydrogens (tertiary/aromatic N) is 1. The van der Waals surface area contributed by atoms with Crippen LogP contribution in [-0.4, -0.2) is 37.0 Å². The summed E-state index contributed by atoms with van der Waals surface area (Å²) in [7, 11) is 0. The Kier molecular flexibility index (Phi) is 5.74. The molecule has 1 unspecified atom stereocenters. The number of amides is 1. The summed E-state index contributed by atoms with van der Waals surface area (Å²) >= 11 is 0. The first-order valence-corrected chi connectivity index (χ1v) is 8.26. The third kappa shape index (κ3) is 3.67. The minimum atomic E-state index is 0. The molecular weight excluding hydrogens is 272 g/mol. The Bertz CT molecular complexity index is 312. The molecule has 3 rings (SSSR count). The first kappa shape index (κ1) is 16.1. The average molecular weight is 301 g/mol. The molecule has 20 heavy (non-hydrogen) atoms. The molecule has 4 heteroatoms. The zero-order valence-electron chi connectivity index (χ0n) is 12.5. The van der Waals surface area contributed by atoms with E-state index in [9.17, 15) is 4.79 Å². The summed E-state index contributed by atoms with van der Waals surface area (Å²) in [5.41, 5.74) is 0.615. The van der Waals surface area contributed by atoms with Crippen molar-refractivity contribution in [3.05, 3.63) is 0 Å². The Morgan fingerprint density at radius 1 is 1.10 bits per heavy atom. The SMILES string of the molecule is Cl.O=C(CC1CCNC1)N1CCC2(CCCCC2)CC1. The van der Waals surface area contributed by atoms with Crippen LogP contribution >= 0.6 is 12.4 Å². The van der Waals surface area contributed by atoms with E-state index in [-0.39, 0.29) is 12.4 Å². The molecule has 1 spiro atoms. The number of carbonyl (C=O) groups is 1. The Morgan fingerprint density at radius 3 is 2.40 bits per heavy atom. The third-order valence-corrected chi connectivity index (χ3v) is 5.72. The van der Waals surface area contributed by atoms with E-state index in [0.717, 1.165) is 32.6 Å². The predicted octanol–water partition coefficient (Wildman–Crippen LogP) is 2.98. The smallest absolute Gasteiger partial charge is 0.222 e. The number of hydrogen-bond donors (Lipinski definition) is 1. The molecule has 2 aliphatic heterocycles. The van der Waals surface area contributed by atoms with Crippen LogP contribution in [-0.2, 0) is 4.79 Å². The maximum absolute atomic E-state index is 12.3. The first-order valence-electron chi connectivity index (χ1n) is 8.26. The highest BCUT2D eigenvalue weighted by Gasteiger charge is 2.36. The number of rotatable bonds is 2. The van der Waals surface area contributed by atoms with E-state index in [1.165, 1.54) is 51.4 Å². The lowest BCUT2D eigenvalue weighted by atomic mass is 9.68. The van der Waals surface area contributed by atoms with Crippen LogP contribution in [0.3, 0.4) is 0 Å². The molecule has 0 radical (unpaired) electrons. The van der Waals surface area contributed by atoms with E-state index >= 15 is 0 Å². The number of hydrogen-bond acceptors (Lipinski definition) is 2. The van der Waals surface area contributed by atoms with E-state index in [1.807, 2.05) is 0 Å². The molecule has 1 amide bonds. The van der Waals surface area contributed by atoms with Crippen LogP contribution in [0.5, 0.6) is 0 Å². The number of nitrogens with one attached hydrogen (secondary N) is 1. The van der Waals surface area contributed by atoms with E-state index in [1.54, 1.807) is 0 Å². The summed E-state index contributed by atoms with van der Waals surface area (Å²) in [6.45, 7) is 4.20. The number of carbonyl (C=O) groups excluding carboxylic acids is 1. The Balaban J connectivity index is 0.00000147. The highest BCUT2D eigenvalue weighted by Crippen LogP contribution is 2.44. The predicted molar refractivity (Wildman–Crippen MR) is 84.2 cm³/mol. The minimum Gasteiger partial charge on any atom is -0.343 e. The zero-order chi connectivity index (χ0) is 13.1. The van der Waals surface area contributed by atoms with Crippen LogP contribution in [0.2, 0.25) is 0 Å². The molecule has 0 aromatic rings. The maximum atomic E-state index is 12.3. The number of halogens is 1. The molecular formula is C16H29ClN2O. The largest absolute Gasteiger partial charge is 0.343 e. The van der Waals surface area contributed by atoms with Crippen molar-refractivity contribution >= 4 is 18.3 Å². The molecule has 1 saturated carbocycles. The lowest BCUT2D eigenvalue weighted by molar-refractivity contribution is -0.134. The molecule has 3 aliphatic rings. The number of piperidine rings is 1. The molecule has 0 aromatic carbocycles. The second-order valence-corrected chi connectivity index (χ2v) is 7.00. The van der Waals surface area contributed by atoms with Gasteiger partial charge in [-0.15, -0.1) is 12.4 Å². The summed E-state index contributed by atoms with van der Waals surface area (Å²) in [6, 6.07) is 0. The summed E-state index contributed by atoms with van der Waals surface area (Å²) < 4.78 is 0. The van der Waals surface area contributed by atoms with Crippen LogP contribution in [0, 0.1) is 11.3 Å². The third-order valence-electron chi connectivity index (χ3n) is 5.72. The first-order chi connectivity index (χ1) is 9.27. The molecule has 3 nitrogen and oxygen atoms in total. The van der Waals surface area contributed by atoms with Crippen molar-refractivity contribution < 1.29 is 4.79 Å². The molecule has 1 N–H and O–H groups in total. The molecule has 3 fully saturated rings. The topological polar surface area (TPSA) is 32.3 Å². The summed E-state index contributed by atoms with van der Waals surface area (Å²) in [5, 5.41) is 3.36. The van der Waals surface area contributed by atoms with Gasteiger partial charge in [-0.25, -0.2) is 0 Å². The van der Waals surface area contributed by atoms with Gasteiger partial charge in [0.25, 0.3) is 0 Å². The van der Waals surface area contributed by atoms with Gasteiger partial charge in [0.05, 0.1) is 0 Å². The Hall–Kier alpha value is -0.280. The second kappa shape index (κ2) is 7.13. The fraction of sp³-hybridized carbons (Fsp3) is 0.938. The molecule has 2 saturated heterocycles. The van der Waals surface area contributed by atoms with Gasteiger partial charge in [-0.2, -0.15) is 0 Å².